The molecule has 1 aliphatic rings. The van der Waals surface area contributed by atoms with E-state index in [9.17, 15) is 4.79 Å². The van der Waals surface area contributed by atoms with E-state index in [0.29, 0.717) is 24.5 Å². The predicted molar refractivity (Wildman–Crippen MR) is 114 cm³/mol. The summed E-state index contributed by atoms with van der Waals surface area (Å²) in [7, 11) is 3.91. The van der Waals surface area contributed by atoms with E-state index in [4.69, 9.17) is 4.98 Å². The van der Waals surface area contributed by atoms with Crippen LogP contribution in [0.25, 0.3) is 11.5 Å². The van der Waals surface area contributed by atoms with Gasteiger partial charge in [-0.3, -0.25) is 14.8 Å². The number of rotatable bonds is 5. The summed E-state index contributed by atoms with van der Waals surface area (Å²) in [6.07, 6.45) is 10.7. The fourth-order valence-electron chi connectivity index (χ4n) is 3.65. The number of piperidine rings is 1. The smallest absolute Gasteiger partial charge is 0.227 e. The average Bonchev–Trinajstić information content (AvgIpc) is 2.80. The Morgan fingerprint density at radius 2 is 2.03 bits per heavy atom. The molecule has 3 aromatic heterocycles. The van der Waals surface area contributed by atoms with Crippen molar-refractivity contribution in [3.05, 3.63) is 60.4 Å². The molecule has 1 aliphatic heterocycles. The molecule has 1 unspecified atom stereocenters. The fourth-order valence-corrected chi connectivity index (χ4v) is 3.65. The minimum absolute atomic E-state index is 0.128. The normalized spacial score (nSPS) is 16.3. The van der Waals surface area contributed by atoms with Gasteiger partial charge in [-0.25, -0.2) is 15.0 Å². The van der Waals surface area contributed by atoms with E-state index in [1.165, 1.54) is 0 Å². The highest BCUT2D eigenvalue weighted by Gasteiger charge is 2.27. The van der Waals surface area contributed by atoms with Crippen LogP contribution in [0.15, 0.2) is 49.2 Å². The zero-order chi connectivity index (χ0) is 20.9. The minimum atomic E-state index is 0.128. The molecule has 1 atom stereocenters. The third-order valence-corrected chi connectivity index (χ3v) is 5.25. The van der Waals surface area contributed by atoms with Crippen LogP contribution in [-0.4, -0.2) is 62.9 Å². The van der Waals surface area contributed by atoms with Crippen molar-refractivity contribution in [2.45, 2.75) is 25.2 Å². The Bertz CT molecular complexity index is 995. The lowest BCUT2D eigenvalue weighted by Gasteiger charge is -2.33. The molecule has 8 nitrogen and oxygen atoms in total. The molecule has 8 heteroatoms. The maximum atomic E-state index is 12.8. The van der Waals surface area contributed by atoms with Gasteiger partial charge in [-0.15, -0.1) is 0 Å². The molecule has 1 saturated heterocycles. The van der Waals surface area contributed by atoms with E-state index < -0.39 is 0 Å². The molecule has 0 aromatic carbocycles. The molecule has 0 bridgehead atoms. The zero-order valence-electron chi connectivity index (χ0n) is 17.3. The summed E-state index contributed by atoms with van der Waals surface area (Å²) in [5.41, 5.74) is 2.52. The lowest BCUT2D eigenvalue weighted by atomic mass is 9.94. The van der Waals surface area contributed by atoms with Gasteiger partial charge in [-0.05, 0) is 24.5 Å². The summed E-state index contributed by atoms with van der Waals surface area (Å²) in [5.74, 6) is 1.67. The first-order chi connectivity index (χ1) is 14.6. The van der Waals surface area contributed by atoms with Crippen molar-refractivity contribution >= 4 is 11.7 Å². The first-order valence-corrected chi connectivity index (χ1v) is 10.1. The van der Waals surface area contributed by atoms with Crippen molar-refractivity contribution < 1.29 is 4.79 Å². The van der Waals surface area contributed by atoms with E-state index in [0.717, 1.165) is 36.5 Å². The quantitative estimate of drug-likeness (QED) is 0.646. The molecule has 1 amide bonds. The molecule has 4 rings (SSSR count). The van der Waals surface area contributed by atoms with E-state index >= 15 is 0 Å². The molecule has 3 aromatic rings. The standard InChI is InChI=1S/C22H25N7O/c1-28(2)20-12-18(26-22(27-20)19-14-24-8-9-25-19)17-6-4-10-29(15-17)21(30)11-16-5-3-7-23-13-16/h3,5,7-9,12-14,17H,4,6,10-11,15H2,1-2H3. The van der Waals surface area contributed by atoms with Gasteiger partial charge in [0.1, 0.15) is 11.5 Å². The summed E-state index contributed by atoms with van der Waals surface area (Å²) in [6, 6.07) is 5.81. The maximum absolute atomic E-state index is 12.8. The highest BCUT2D eigenvalue weighted by atomic mass is 16.2. The molecular weight excluding hydrogens is 378 g/mol. The highest BCUT2D eigenvalue weighted by molar-refractivity contribution is 5.78. The fraction of sp³-hybridized carbons (Fsp3) is 0.364. The SMILES string of the molecule is CN(C)c1cc(C2CCCN(C(=O)Cc3cccnc3)C2)nc(-c2cnccn2)n1. The lowest BCUT2D eigenvalue weighted by Crippen LogP contribution is -2.40. The van der Waals surface area contributed by atoms with Crippen LogP contribution in [0, 0.1) is 0 Å². The molecule has 0 aliphatic carbocycles. The molecule has 0 N–H and O–H groups in total. The zero-order valence-corrected chi connectivity index (χ0v) is 17.3. The van der Waals surface area contributed by atoms with Gasteiger partial charge >= 0.3 is 0 Å². The van der Waals surface area contributed by atoms with Crippen LogP contribution < -0.4 is 4.90 Å². The molecule has 30 heavy (non-hydrogen) atoms. The van der Waals surface area contributed by atoms with Gasteiger partial charge in [-0.1, -0.05) is 6.07 Å². The van der Waals surface area contributed by atoms with Gasteiger partial charge in [0.2, 0.25) is 5.91 Å². The third-order valence-electron chi connectivity index (χ3n) is 5.25. The van der Waals surface area contributed by atoms with Gasteiger partial charge in [0.15, 0.2) is 5.82 Å². The first kappa shape index (κ1) is 19.9. The second kappa shape index (κ2) is 8.94. The molecule has 4 heterocycles. The number of amides is 1. The van der Waals surface area contributed by atoms with Gasteiger partial charge in [0, 0.05) is 64.0 Å². The van der Waals surface area contributed by atoms with Crippen LogP contribution in [0.5, 0.6) is 0 Å². The van der Waals surface area contributed by atoms with Crippen LogP contribution in [0.1, 0.15) is 30.0 Å². The Balaban J connectivity index is 1.56. The van der Waals surface area contributed by atoms with Crippen LogP contribution in [0.3, 0.4) is 0 Å². The van der Waals surface area contributed by atoms with Crippen molar-refractivity contribution in [3.63, 3.8) is 0 Å². The van der Waals surface area contributed by atoms with E-state index in [1.807, 2.05) is 42.1 Å². The number of anilines is 1. The molecule has 1 fully saturated rings. The molecule has 0 saturated carbocycles. The number of aromatic nitrogens is 5. The largest absolute Gasteiger partial charge is 0.363 e. The van der Waals surface area contributed by atoms with Gasteiger partial charge in [0.05, 0.1) is 18.3 Å². The minimum Gasteiger partial charge on any atom is -0.363 e. The van der Waals surface area contributed by atoms with Crippen molar-refractivity contribution in [2.24, 2.45) is 0 Å². The first-order valence-electron chi connectivity index (χ1n) is 10.1. The Morgan fingerprint density at radius 1 is 1.17 bits per heavy atom. The summed E-state index contributed by atoms with van der Waals surface area (Å²) in [4.78, 5) is 38.8. The van der Waals surface area contributed by atoms with Crippen molar-refractivity contribution in [1.82, 2.24) is 29.8 Å². The van der Waals surface area contributed by atoms with Crippen molar-refractivity contribution in [1.29, 1.82) is 0 Å². The molecule has 154 valence electrons. The second-order valence-electron chi connectivity index (χ2n) is 7.68. The van der Waals surface area contributed by atoms with E-state index in [-0.39, 0.29) is 11.8 Å². The Morgan fingerprint density at radius 3 is 2.77 bits per heavy atom. The monoisotopic (exact) mass is 403 g/mol. The summed E-state index contributed by atoms with van der Waals surface area (Å²) in [6.45, 7) is 1.43. The van der Waals surface area contributed by atoms with Crippen LogP contribution in [0.2, 0.25) is 0 Å². The number of pyridine rings is 1. The lowest BCUT2D eigenvalue weighted by molar-refractivity contribution is -0.131. The number of nitrogens with zero attached hydrogens (tertiary/aromatic N) is 7. The van der Waals surface area contributed by atoms with Crippen LogP contribution >= 0.6 is 0 Å². The number of hydrogen-bond donors (Lipinski definition) is 0. The molecule has 0 spiro atoms. The van der Waals surface area contributed by atoms with Crippen LogP contribution in [-0.2, 0) is 11.2 Å². The van der Waals surface area contributed by atoms with Gasteiger partial charge in [0.25, 0.3) is 0 Å². The molecule has 0 radical (unpaired) electrons. The predicted octanol–water partition coefficient (Wildman–Crippen LogP) is 2.34. The van der Waals surface area contributed by atoms with Crippen LogP contribution in [0.4, 0.5) is 5.82 Å². The Labute approximate surface area is 176 Å². The average molecular weight is 403 g/mol. The topological polar surface area (TPSA) is 88.0 Å². The Hall–Kier alpha value is -3.42. The third kappa shape index (κ3) is 4.59. The maximum Gasteiger partial charge on any atom is 0.227 e. The van der Waals surface area contributed by atoms with E-state index in [1.54, 1.807) is 31.0 Å². The Kier molecular flexibility index (Phi) is 5.92. The number of carbonyl (C=O) groups excluding carboxylic acids is 1. The summed E-state index contributed by atoms with van der Waals surface area (Å²) in [5, 5.41) is 0. The van der Waals surface area contributed by atoms with Crippen molar-refractivity contribution in [2.75, 3.05) is 32.1 Å². The second-order valence-corrected chi connectivity index (χ2v) is 7.68. The number of carbonyl (C=O) groups is 1. The number of hydrogen-bond acceptors (Lipinski definition) is 7. The number of likely N-dealkylation sites (tertiary alicyclic amines) is 1. The van der Waals surface area contributed by atoms with Crippen molar-refractivity contribution in [3.8, 4) is 11.5 Å². The highest BCUT2D eigenvalue weighted by Crippen LogP contribution is 2.29. The van der Waals surface area contributed by atoms with Gasteiger partial charge < -0.3 is 9.80 Å². The summed E-state index contributed by atoms with van der Waals surface area (Å²) < 4.78 is 0. The summed E-state index contributed by atoms with van der Waals surface area (Å²) >= 11 is 0. The van der Waals surface area contributed by atoms with E-state index in [2.05, 4.69) is 19.9 Å². The van der Waals surface area contributed by atoms with Gasteiger partial charge in [-0.2, -0.15) is 0 Å². The molecular formula is C22H25N7O.